The number of hydrogen-bond acceptors (Lipinski definition) is 3. The average molecular weight is 420 g/mol. The number of carbonyl (C=O) groups is 1. The van der Waals surface area contributed by atoms with Crippen LogP contribution in [0, 0.1) is 12.8 Å². The van der Waals surface area contributed by atoms with E-state index < -0.39 is 5.60 Å². The summed E-state index contributed by atoms with van der Waals surface area (Å²) in [6.07, 6.45) is 2.59. The molecule has 0 aliphatic carbocycles. The van der Waals surface area contributed by atoms with Gasteiger partial charge in [-0.05, 0) is 69.7 Å². The number of benzene rings is 2. The van der Waals surface area contributed by atoms with E-state index in [1.165, 1.54) is 16.6 Å². The number of carbonyl (C=O) groups excluding carboxylic acids is 1. The predicted molar refractivity (Wildman–Crippen MR) is 124 cm³/mol. The van der Waals surface area contributed by atoms with Crippen LogP contribution in [-0.2, 0) is 17.7 Å². The molecular weight excluding hydrogens is 386 g/mol. The van der Waals surface area contributed by atoms with E-state index in [9.17, 15) is 4.79 Å². The molecule has 0 N–H and O–H groups in total. The second kappa shape index (κ2) is 8.74. The Hall–Kier alpha value is -2.82. The fraction of sp³-hybridized carbons (Fsp3) is 0.462. The van der Waals surface area contributed by atoms with E-state index in [1.807, 2.05) is 31.7 Å². The molecule has 1 aliphatic rings. The fourth-order valence-corrected chi connectivity index (χ4v) is 4.29. The largest absolute Gasteiger partial charge is 0.444 e. The van der Waals surface area contributed by atoms with Gasteiger partial charge in [0.2, 0.25) is 0 Å². The van der Waals surface area contributed by atoms with Gasteiger partial charge in [0.25, 0.3) is 0 Å². The summed E-state index contributed by atoms with van der Waals surface area (Å²) < 4.78 is 7.94. The third-order valence-corrected chi connectivity index (χ3v) is 5.89. The molecule has 5 heteroatoms. The lowest BCUT2D eigenvalue weighted by Gasteiger charge is -2.33. The Bertz CT molecular complexity index is 1040. The highest BCUT2D eigenvalue weighted by atomic mass is 16.6. The van der Waals surface area contributed by atoms with E-state index in [4.69, 9.17) is 9.72 Å². The van der Waals surface area contributed by atoms with Gasteiger partial charge in [-0.25, -0.2) is 9.78 Å². The highest BCUT2D eigenvalue weighted by Crippen LogP contribution is 2.26. The first-order valence-electron chi connectivity index (χ1n) is 11.3. The Morgan fingerprint density at radius 3 is 2.48 bits per heavy atom. The molecule has 3 aromatic rings. The number of aryl methyl sites for hydroxylation is 1. The first-order valence-corrected chi connectivity index (χ1v) is 11.3. The Balaban J connectivity index is 1.50. The second-order valence-corrected chi connectivity index (χ2v) is 9.70. The zero-order chi connectivity index (χ0) is 22.0. The monoisotopic (exact) mass is 419 g/mol. The highest BCUT2D eigenvalue weighted by molar-refractivity contribution is 5.77. The number of nitrogens with zero attached hydrogens (tertiary/aromatic N) is 3. The van der Waals surface area contributed by atoms with Gasteiger partial charge >= 0.3 is 6.09 Å². The number of aromatic nitrogens is 2. The molecule has 0 unspecified atom stereocenters. The number of fused-ring (bicyclic) bond motifs is 1. The van der Waals surface area contributed by atoms with E-state index in [2.05, 4.69) is 54.0 Å². The van der Waals surface area contributed by atoms with Gasteiger partial charge in [0.15, 0.2) is 0 Å². The van der Waals surface area contributed by atoms with E-state index in [1.54, 1.807) is 0 Å². The van der Waals surface area contributed by atoms with Crippen LogP contribution in [0.4, 0.5) is 4.79 Å². The van der Waals surface area contributed by atoms with Gasteiger partial charge < -0.3 is 14.2 Å². The Morgan fingerprint density at radius 2 is 1.81 bits per heavy atom. The maximum absolute atomic E-state index is 12.4. The smallest absolute Gasteiger partial charge is 0.410 e. The quantitative estimate of drug-likeness (QED) is 0.554. The topological polar surface area (TPSA) is 47.4 Å². The van der Waals surface area contributed by atoms with Gasteiger partial charge in [0.05, 0.1) is 11.0 Å². The van der Waals surface area contributed by atoms with Gasteiger partial charge in [-0.1, -0.05) is 36.4 Å². The van der Waals surface area contributed by atoms with Crippen LogP contribution in [0.15, 0.2) is 48.5 Å². The zero-order valence-electron chi connectivity index (χ0n) is 19.1. The van der Waals surface area contributed by atoms with E-state index in [0.717, 1.165) is 50.2 Å². The Kier molecular flexibility index (Phi) is 6.03. The van der Waals surface area contributed by atoms with Crippen molar-refractivity contribution in [1.82, 2.24) is 14.5 Å². The van der Waals surface area contributed by atoms with Crippen molar-refractivity contribution in [3.8, 4) is 0 Å². The molecule has 31 heavy (non-hydrogen) atoms. The number of ether oxygens (including phenoxy) is 1. The van der Waals surface area contributed by atoms with Gasteiger partial charge in [0.1, 0.15) is 11.4 Å². The number of hydrogen-bond donors (Lipinski definition) is 0. The van der Waals surface area contributed by atoms with Gasteiger partial charge in [-0.15, -0.1) is 0 Å². The van der Waals surface area contributed by atoms with E-state index >= 15 is 0 Å². The minimum Gasteiger partial charge on any atom is -0.444 e. The van der Waals surface area contributed by atoms with Crippen molar-refractivity contribution >= 4 is 17.1 Å². The highest BCUT2D eigenvalue weighted by Gasteiger charge is 2.27. The summed E-state index contributed by atoms with van der Waals surface area (Å²) in [7, 11) is 0. The molecule has 0 spiro atoms. The van der Waals surface area contributed by atoms with Crippen LogP contribution in [-0.4, -0.2) is 39.2 Å². The molecule has 1 saturated heterocycles. The van der Waals surface area contributed by atoms with Crippen LogP contribution in [0.25, 0.3) is 11.0 Å². The predicted octanol–water partition coefficient (Wildman–Crippen LogP) is 5.58. The van der Waals surface area contributed by atoms with Gasteiger partial charge in [0, 0.05) is 26.1 Å². The van der Waals surface area contributed by atoms with Crippen molar-refractivity contribution in [2.75, 3.05) is 13.1 Å². The Labute approximate surface area is 185 Å². The molecule has 0 atom stereocenters. The van der Waals surface area contributed by atoms with Crippen LogP contribution in [0.2, 0.25) is 0 Å². The molecule has 1 aromatic heterocycles. The Morgan fingerprint density at radius 1 is 1.10 bits per heavy atom. The van der Waals surface area contributed by atoms with Crippen LogP contribution < -0.4 is 0 Å². The van der Waals surface area contributed by atoms with Crippen LogP contribution in [0.1, 0.15) is 50.6 Å². The third kappa shape index (κ3) is 5.27. The number of imidazole rings is 1. The summed E-state index contributed by atoms with van der Waals surface area (Å²) in [5.41, 5.74) is 4.32. The molecule has 4 rings (SSSR count). The number of piperidine rings is 1. The number of amides is 1. The second-order valence-electron chi connectivity index (χ2n) is 9.70. The summed E-state index contributed by atoms with van der Waals surface area (Å²) in [5.74, 6) is 1.63. The molecule has 5 nitrogen and oxygen atoms in total. The number of rotatable bonds is 4. The first kappa shape index (κ1) is 21.4. The minimum atomic E-state index is -0.450. The standard InChI is InChI=1S/C26H33N3O2/c1-19-10-11-23-22(16-19)27-24(17-20-8-6-5-7-9-20)29(23)18-21-12-14-28(15-13-21)25(30)31-26(2,3)4/h5-11,16,21H,12-15,17-18H2,1-4H3. The normalized spacial score (nSPS) is 15.4. The van der Waals surface area contributed by atoms with Gasteiger partial charge in [-0.2, -0.15) is 0 Å². The molecular formula is C26H33N3O2. The summed E-state index contributed by atoms with van der Waals surface area (Å²) >= 11 is 0. The van der Waals surface area contributed by atoms with Gasteiger partial charge in [-0.3, -0.25) is 0 Å². The van der Waals surface area contributed by atoms with Crippen LogP contribution in [0.3, 0.4) is 0 Å². The first-order chi connectivity index (χ1) is 14.8. The molecule has 0 radical (unpaired) electrons. The summed E-state index contributed by atoms with van der Waals surface area (Å²) in [6, 6.07) is 17.1. The SMILES string of the molecule is Cc1ccc2c(c1)nc(Cc1ccccc1)n2CC1CCN(C(=O)OC(C)(C)C)CC1. The minimum absolute atomic E-state index is 0.195. The van der Waals surface area contributed by atoms with Crippen molar-refractivity contribution in [3.05, 3.63) is 65.5 Å². The summed E-state index contributed by atoms with van der Waals surface area (Å²) in [4.78, 5) is 19.2. The summed E-state index contributed by atoms with van der Waals surface area (Å²) in [5, 5.41) is 0. The lowest BCUT2D eigenvalue weighted by atomic mass is 9.96. The molecule has 164 valence electrons. The van der Waals surface area contributed by atoms with Crippen molar-refractivity contribution in [3.63, 3.8) is 0 Å². The van der Waals surface area contributed by atoms with Crippen LogP contribution >= 0.6 is 0 Å². The van der Waals surface area contributed by atoms with Crippen molar-refractivity contribution in [1.29, 1.82) is 0 Å². The lowest BCUT2D eigenvalue weighted by molar-refractivity contribution is 0.0178. The third-order valence-electron chi connectivity index (χ3n) is 5.89. The lowest BCUT2D eigenvalue weighted by Crippen LogP contribution is -2.42. The molecule has 1 amide bonds. The zero-order valence-corrected chi connectivity index (χ0v) is 19.1. The maximum Gasteiger partial charge on any atom is 0.410 e. The van der Waals surface area contributed by atoms with E-state index in [0.29, 0.717) is 5.92 Å². The molecule has 0 saturated carbocycles. The average Bonchev–Trinajstić information content (AvgIpc) is 3.04. The summed E-state index contributed by atoms with van der Waals surface area (Å²) in [6.45, 7) is 10.3. The van der Waals surface area contributed by atoms with Crippen molar-refractivity contribution in [2.45, 2.75) is 59.1 Å². The fourth-order valence-electron chi connectivity index (χ4n) is 4.29. The molecule has 2 aromatic carbocycles. The molecule has 0 bridgehead atoms. The molecule has 1 aliphatic heterocycles. The van der Waals surface area contributed by atoms with Crippen molar-refractivity contribution < 1.29 is 9.53 Å². The molecule has 2 heterocycles. The number of likely N-dealkylation sites (tertiary alicyclic amines) is 1. The van der Waals surface area contributed by atoms with Crippen molar-refractivity contribution in [2.24, 2.45) is 5.92 Å². The van der Waals surface area contributed by atoms with E-state index in [-0.39, 0.29) is 6.09 Å². The molecule has 1 fully saturated rings. The maximum atomic E-state index is 12.4. The van der Waals surface area contributed by atoms with Crippen LogP contribution in [0.5, 0.6) is 0 Å².